The molecule has 1 aromatic carbocycles. The number of rotatable bonds is 8. The maximum absolute atomic E-state index is 6.31. The molecule has 0 spiro atoms. The summed E-state index contributed by atoms with van der Waals surface area (Å²) in [5.41, 5.74) is 2.15. The molecule has 0 amide bonds. The van der Waals surface area contributed by atoms with Crippen LogP contribution in [0.2, 0.25) is 5.02 Å². The Balaban J connectivity index is 1.98. The van der Waals surface area contributed by atoms with Crippen LogP contribution in [0.5, 0.6) is 5.75 Å². The van der Waals surface area contributed by atoms with Crippen LogP contribution in [0.3, 0.4) is 0 Å². The van der Waals surface area contributed by atoms with Crippen LogP contribution < -0.4 is 20.3 Å². The molecule has 2 rings (SSSR count). The smallest absolute Gasteiger partial charge is 0.191 e. The van der Waals surface area contributed by atoms with Crippen molar-refractivity contribution in [3.8, 4) is 5.75 Å². The predicted octanol–water partition coefficient (Wildman–Crippen LogP) is 3.11. The van der Waals surface area contributed by atoms with Crippen LogP contribution in [0.15, 0.2) is 41.5 Å². The van der Waals surface area contributed by atoms with Gasteiger partial charge < -0.3 is 20.3 Å². The summed E-state index contributed by atoms with van der Waals surface area (Å²) in [6.07, 6.45) is 2.59. The van der Waals surface area contributed by atoms with Crippen LogP contribution in [0.25, 0.3) is 0 Å². The van der Waals surface area contributed by atoms with Crippen molar-refractivity contribution in [2.24, 2.45) is 4.99 Å². The van der Waals surface area contributed by atoms with Crippen molar-refractivity contribution in [2.45, 2.75) is 19.9 Å². The van der Waals surface area contributed by atoms with E-state index in [1.54, 1.807) is 13.3 Å². The number of halogens is 1. The molecule has 0 saturated heterocycles. The van der Waals surface area contributed by atoms with Gasteiger partial charge in [-0.2, -0.15) is 0 Å². The van der Waals surface area contributed by atoms with E-state index in [1.807, 2.05) is 56.3 Å². The van der Waals surface area contributed by atoms with Crippen LogP contribution in [0.1, 0.15) is 18.1 Å². The largest absolute Gasteiger partial charge is 0.497 e. The number of aromatic nitrogens is 1. The third-order valence-corrected chi connectivity index (χ3v) is 4.34. The standard InChI is InChI=1S/C20H28ClN5O/c1-5-22-20(25-14-16-7-6-11-23-19(16)26(2)3)24-12-10-15-8-9-17(27-4)13-18(15)21/h6-9,11,13H,5,10,12,14H2,1-4H3,(H2,22,24,25). The molecule has 2 N–H and O–H groups in total. The van der Waals surface area contributed by atoms with E-state index in [9.17, 15) is 0 Å². The predicted molar refractivity (Wildman–Crippen MR) is 113 cm³/mol. The minimum absolute atomic E-state index is 0.556. The summed E-state index contributed by atoms with van der Waals surface area (Å²) >= 11 is 6.31. The molecule has 0 atom stereocenters. The molecule has 27 heavy (non-hydrogen) atoms. The van der Waals surface area contributed by atoms with Gasteiger partial charge >= 0.3 is 0 Å². The second kappa shape index (κ2) is 10.6. The number of nitrogens with zero attached hydrogens (tertiary/aromatic N) is 3. The second-order valence-electron chi connectivity index (χ2n) is 6.21. The normalized spacial score (nSPS) is 11.2. The highest BCUT2D eigenvalue weighted by Crippen LogP contribution is 2.22. The Morgan fingerprint density at radius 1 is 1.22 bits per heavy atom. The van der Waals surface area contributed by atoms with Gasteiger partial charge in [0.1, 0.15) is 11.6 Å². The average Bonchev–Trinajstić information content (AvgIpc) is 2.67. The number of pyridine rings is 1. The Morgan fingerprint density at radius 3 is 2.70 bits per heavy atom. The first-order valence-corrected chi connectivity index (χ1v) is 9.38. The van der Waals surface area contributed by atoms with Crippen LogP contribution in [0.4, 0.5) is 5.82 Å². The van der Waals surface area contributed by atoms with Crippen molar-refractivity contribution in [3.05, 3.63) is 52.7 Å². The fourth-order valence-corrected chi connectivity index (χ4v) is 2.90. The third kappa shape index (κ3) is 6.32. The maximum atomic E-state index is 6.31. The lowest BCUT2D eigenvalue weighted by atomic mass is 10.1. The highest BCUT2D eigenvalue weighted by atomic mass is 35.5. The topological polar surface area (TPSA) is 61.8 Å². The molecule has 0 aliphatic heterocycles. The molecule has 6 nitrogen and oxygen atoms in total. The van der Waals surface area contributed by atoms with Crippen molar-refractivity contribution in [1.29, 1.82) is 0 Å². The van der Waals surface area contributed by atoms with Crippen molar-refractivity contribution < 1.29 is 4.74 Å². The highest BCUT2D eigenvalue weighted by molar-refractivity contribution is 6.31. The number of hydrogen-bond donors (Lipinski definition) is 2. The first-order valence-electron chi connectivity index (χ1n) is 9.01. The average molecular weight is 390 g/mol. The van der Waals surface area contributed by atoms with Crippen LogP contribution >= 0.6 is 11.6 Å². The van der Waals surface area contributed by atoms with E-state index in [-0.39, 0.29) is 0 Å². The molecule has 146 valence electrons. The zero-order chi connectivity index (χ0) is 19.6. The number of hydrogen-bond acceptors (Lipinski definition) is 4. The molecule has 2 aromatic rings. The first kappa shape index (κ1) is 20.8. The Morgan fingerprint density at radius 2 is 2.04 bits per heavy atom. The molecule has 7 heteroatoms. The molecule has 1 heterocycles. The second-order valence-corrected chi connectivity index (χ2v) is 6.62. The minimum Gasteiger partial charge on any atom is -0.497 e. The number of benzene rings is 1. The van der Waals surface area contributed by atoms with E-state index in [4.69, 9.17) is 16.3 Å². The van der Waals surface area contributed by atoms with Gasteiger partial charge in [-0.1, -0.05) is 23.7 Å². The fraction of sp³-hybridized carbons (Fsp3) is 0.400. The monoisotopic (exact) mass is 389 g/mol. The number of aliphatic imine (C=N–C) groups is 1. The molecule has 0 bridgehead atoms. The van der Waals surface area contributed by atoms with Gasteiger partial charge in [0.15, 0.2) is 5.96 Å². The number of anilines is 1. The van der Waals surface area contributed by atoms with E-state index < -0.39 is 0 Å². The molecule has 0 aliphatic carbocycles. The summed E-state index contributed by atoms with van der Waals surface area (Å²) < 4.78 is 5.19. The Hall–Kier alpha value is -2.47. The zero-order valence-electron chi connectivity index (χ0n) is 16.4. The lowest BCUT2D eigenvalue weighted by molar-refractivity contribution is 0.414. The molecule has 0 radical (unpaired) electrons. The van der Waals surface area contributed by atoms with Gasteiger partial charge in [-0.05, 0) is 37.1 Å². The highest BCUT2D eigenvalue weighted by Gasteiger charge is 2.06. The molecule has 1 aromatic heterocycles. The van der Waals surface area contributed by atoms with E-state index in [0.29, 0.717) is 11.6 Å². The molecular formula is C20H28ClN5O. The first-order chi connectivity index (χ1) is 13.0. The maximum Gasteiger partial charge on any atom is 0.191 e. The van der Waals surface area contributed by atoms with Crippen LogP contribution in [-0.2, 0) is 13.0 Å². The van der Waals surface area contributed by atoms with Crippen LogP contribution in [-0.4, -0.2) is 45.2 Å². The summed E-state index contributed by atoms with van der Waals surface area (Å²) in [4.78, 5) is 11.1. The van der Waals surface area contributed by atoms with E-state index in [0.717, 1.165) is 48.2 Å². The summed E-state index contributed by atoms with van der Waals surface area (Å²) in [6, 6.07) is 9.73. The van der Waals surface area contributed by atoms with Gasteiger partial charge in [-0.3, -0.25) is 0 Å². The third-order valence-electron chi connectivity index (χ3n) is 3.99. The Kier molecular flexibility index (Phi) is 8.20. The summed E-state index contributed by atoms with van der Waals surface area (Å²) in [7, 11) is 5.60. The van der Waals surface area contributed by atoms with Gasteiger partial charge in [-0.25, -0.2) is 9.98 Å². The Bertz CT molecular complexity index is 764. The summed E-state index contributed by atoms with van der Waals surface area (Å²) in [6.45, 7) is 4.13. The lowest BCUT2D eigenvalue weighted by Crippen LogP contribution is -2.38. The van der Waals surface area contributed by atoms with Gasteiger partial charge in [0.05, 0.1) is 13.7 Å². The lowest BCUT2D eigenvalue weighted by Gasteiger charge is -2.16. The van der Waals surface area contributed by atoms with Crippen LogP contribution in [0, 0.1) is 0 Å². The van der Waals surface area contributed by atoms with Crippen molar-refractivity contribution >= 4 is 23.4 Å². The van der Waals surface area contributed by atoms with Gasteiger partial charge in [0.2, 0.25) is 0 Å². The van der Waals surface area contributed by atoms with Crippen molar-refractivity contribution in [1.82, 2.24) is 15.6 Å². The number of ether oxygens (including phenoxy) is 1. The van der Waals surface area contributed by atoms with Crippen molar-refractivity contribution in [3.63, 3.8) is 0 Å². The summed E-state index contributed by atoms with van der Waals surface area (Å²) in [5.74, 6) is 2.47. The fourth-order valence-electron chi connectivity index (χ4n) is 2.64. The number of nitrogens with one attached hydrogen (secondary N) is 2. The van der Waals surface area contributed by atoms with E-state index >= 15 is 0 Å². The molecule has 0 saturated carbocycles. The number of guanidine groups is 1. The SMILES string of the molecule is CCNC(=NCc1cccnc1N(C)C)NCCc1ccc(OC)cc1Cl. The van der Waals surface area contributed by atoms with Crippen molar-refractivity contribution in [2.75, 3.05) is 39.2 Å². The van der Waals surface area contributed by atoms with Gasteiger partial charge in [0, 0.05) is 44.0 Å². The minimum atomic E-state index is 0.556. The Labute approximate surface area is 166 Å². The zero-order valence-corrected chi connectivity index (χ0v) is 17.2. The molecular weight excluding hydrogens is 362 g/mol. The summed E-state index contributed by atoms with van der Waals surface area (Å²) in [5, 5.41) is 7.34. The van der Waals surface area contributed by atoms with Gasteiger partial charge in [-0.15, -0.1) is 0 Å². The quantitative estimate of drug-likeness (QED) is 0.536. The molecule has 0 fully saturated rings. The van der Waals surface area contributed by atoms with Gasteiger partial charge in [0.25, 0.3) is 0 Å². The van der Waals surface area contributed by atoms with E-state index in [1.165, 1.54) is 0 Å². The molecule has 0 aliphatic rings. The molecule has 0 unspecified atom stereocenters. The number of methoxy groups -OCH3 is 1. The van der Waals surface area contributed by atoms with E-state index in [2.05, 4.69) is 20.6 Å².